The SMILES string of the molecule is NCCNC(=O)Cn1nnc2ccccc2c1=O. The summed E-state index contributed by atoms with van der Waals surface area (Å²) in [7, 11) is 0. The van der Waals surface area contributed by atoms with E-state index in [0.29, 0.717) is 24.0 Å². The first-order valence-electron chi connectivity index (χ1n) is 5.51. The van der Waals surface area contributed by atoms with Crippen LogP contribution in [0.4, 0.5) is 0 Å². The van der Waals surface area contributed by atoms with E-state index in [-0.39, 0.29) is 18.0 Å². The normalized spacial score (nSPS) is 10.5. The van der Waals surface area contributed by atoms with Gasteiger partial charge in [0.1, 0.15) is 12.1 Å². The van der Waals surface area contributed by atoms with E-state index in [1.165, 1.54) is 0 Å². The third-order valence-electron chi connectivity index (χ3n) is 2.39. The Morgan fingerprint density at radius 1 is 1.39 bits per heavy atom. The smallest absolute Gasteiger partial charge is 0.278 e. The fraction of sp³-hybridized carbons (Fsp3) is 0.273. The minimum absolute atomic E-state index is 0.156. The van der Waals surface area contributed by atoms with Crippen LogP contribution < -0.4 is 16.6 Å². The van der Waals surface area contributed by atoms with Crippen molar-refractivity contribution in [2.24, 2.45) is 5.73 Å². The molecule has 1 aromatic carbocycles. The molecule has 0 aliphatic rings. The number of hydrogen-bond acceptors (Lipinski definition) is 5. The van der Waals surface area contributed by atoms with Crippen molar-refractivity contribution in [3.8, 4) is 0 Å². The molecule has 94 valence electrons. The van der Waals surface area contributed by atoms with E-state index in [1.54, 1.807) is 24.3 Å². The van der Waals surface area contributed by atoms with E-state index in [9.17, 15) is 9.59 Å². The number of carbonyl (C=O) groups excluding carboxylic acids is 1. The number of nitrogens with two attached hydrogens (primary N) is 1. The first-order chi connectivity index (χ1) is 8.72. The highest BCUT2D eigenvalue weighted by Crippen LogP contribution is 2.02. The summed E-state index contributed by atoms with van der Waals surface area (Å²) in [5, 5.41) is 10.6. The molecule has 0 aliphatic heterocycles. The van der Waals surface area contributed by atoms with Gasteiger partial charge in [-0.2, -0.15) is 0 Å². The molecule has 0 saturated carbocycles. The van der Waals surface area contributed by atoms with Crippen LogP contribution in [0.2, 0.25) is 0 Å². The molecule has 0 atom stereocenters. The minimum atomic E-state index is -0.330. The summed E-state index contributed by atoms with van der Waals surface area (Å²) in [6, 6.07) is 6.86. The quantitative estimate of drug-likeness (QED) is 0.711. The Bertz CT molecular complexity index is 622. The molecule has 3 N–H and O–H groups in total. The van der Waals surface area contributed by atoms with E-state index < -0.39 is 0 Å². The number of fused-ring (bicyclic) bond motifs is 1. The summed E-state index contributed by atoms with van der Waals surface area (Å²) in [5.41, 5.74) is 5.45. The molecule has 2 aromatic rings. The predicted octanol–water partition coefficient (Wildman–Crippen LogP) is -1.13. The van der Waals surface area contributed by atoms with Gasteiger partial charge in [0.2, 0.25) is 5.91 Å². The molecule has 1 heterocycles. The monoisotopic (exact) mass is 247 g/mol. The second-order valence-electron chi connectivity index (χ2n) is 3.71. The van der Waals surface area contributed by atoms with Gasteiger partial charge in [-0.1, -0.05) is 17.3 Å². The summed E-state index contributed by atoms with van der Waals surface area (Å²) >= 11 is 0. The largest absolute Gasteiger partial charge is 0.353 e. The number of hydrogen-bond donors (Lipinski definition) is 2. The third-order valence-corrected chi connectivity index (χ3v) is 2.39. The Morgan fingerprint density at radius 2 is 2.17 bits per heavy atom. The number of amides is 1. The van der Waals surface area contributed by atoms with Crippen LogP contribution in [-0.4, -0.2) is 34.0 Å². The van der Waals surface area contributed by atoms with E-state index in [4.69, 9.17) is 5.73 Å². The van der Waals surface area contributed by atoms with Crippen LogP contribution in [0.25, 0.3) is 10.9 Å². The van der Waals surface area contributed by atoms with E-state index in [0.717, 1.165) is 4.68 Å². The molecule has 7 nitrogen and oxygen atoms in total. The standard InChI is InChI=1S/C11H13N5O2/c12-5-6-13-10(17)7-16-11(18)8-3-1-2-4-9(8)14-15-16/h1-4H,5-7,12H2,(H,13,17). The molecule has 18 heavy (non-hydrogen) atoms. The number of benzene rings is 1. The molecule has 0 aliphatic carbocycles. The Morgan fingerprint density at radius 3 is 2.94 bits per heavy atom. The van der Waals surface area contributed by atoms with Crippen molar-refractivity contribution in [2.45, 2.75) is 6.54 Å². The molecular weight excluding hydrogens is 234 g/mol. The summed E-state index contributed by atoms with van der Waals surface area (Å²) in [4.78, 5) is 23.5. The Balaban J connectivity index is 2.27. The summed E-state index contributed by atoms with van der Waals surface area (Å²) < 4.78 is 1.04. The highest BCUT2D eigenvalue weighted by molar-refractivity contribution is 5.78. The second-order valence-corrected chi connectivity index (χ2v) is 3.71. The van der Waals surface area contributed by atoms with Crippen molar-refractivity contribution in [1.29, 1.82) is 0 Å². The lowest BCUT2D eigenvalue weighted by Gasteiger charge is -2.05. The van der Waals surface area contributed by atoms with Crippen molar-refractivity contribution >= 4 is 16.8 Å². The van der Waals surface area contributed by atoms with Gasteiger partial charge in [0.25, 0.3) is 5.56 Å². The molecule has 0 bridgehead atoms. The Hall–Kier alpha value is -2.28. The van der Waals surface area contributed by atoms with Gasteiger partial charge in [0, 0.05) is 13.1 Å². The van der Waals surface area contributed by atoms with Crippen molar-refractivity contribution < 1.29 is 4.79 Å². The third kappa shape index (κ3) is 2.51. The molecule has 0 radical (unpaired) electrons. The van der Waals surface area contributed by atoms with Crippen LogP contribution in [0.15, 0.2) is 29.1 Å². The Kier molecular flexibility index (Phi) is 3.63. The van der Waals surface area contributed by atoms with Crippen LogP contribution >= 0.6 is 0 Å². The van der Waals surface area contributed by atoms with Crippen LogP contribution in [0.5, 0.6) is 0 Å². The van der Waals surface area contributed by atoms with Crippen molar-refractivity contribution in [3.63, 3.8) is 0 Å². The summed E-state index contributed by atoms with van der Waals surface area (Å²) in [5.74, 6) is -0.313. The highest BCUT2D eigenvalue weighted by Gasteiger charge is 2.08. The number of rotatable bonds is 4. The molecule has 2 rings (SSSR count). The van der Waals surface area contributed by atoms with Gasteiger partial charge in [-0.25, -0.2) is 4.68 Å². The maximum Gasteiger partial charge on any atom is 0.278 e. The van der Waals surface area contributed by atoms with Gasteiger partial charge < -0.3 is 11.1 Å². The maximum atomic E-state index is 12.0. The zero-order valence-corrected chi connectivity index (χ0v) is 9.67. The topological polar surface area (TPSA) is 103 Å². The number of carbonyl (C=O) groups is 1. The average molecular weight is 247 g/mol. The summed E-state index contributed by atoms with van der Waals surface area (Å²) in [6.07, 6.45) is 0. The molecule has 1 aromatic heterocycles. The fourth-order valence-corrected chi connectivity index (χ4v) is 1.53. The molecule has 7 heteroatoms. The van der Waals surface area contributed by atoms with Gasteiger partial charge in [0.15, 0.2) is 0 Å². The molecular formula is C11H13N5O2. The van der Waals surface area contributed by atoms with Crippen LogP contribution in [-0.2, 0) is 11.3 Å². The van der Waals surface area contributed by atoms with Crippen molar-refractivity contribution in [3.05, 3.63) is 34.6 Å². The molecule has 0 unspecified atom stereocenters. The van der Waals surface area contributed by atoms with Gasteiger partial charge in [-0.15, -0.1) is 5.10 Å². The van der Waals surface area contributed by atoms with E-state index >= 15 is 0 Å². The second kappa shape index (κ2) is 5.37. The zero-order chi connectivity index (χ0) is 13.0. The lowest BCUT2D eigenvalue weighted by atomic mass is 10.2. The molecule has 0 saturated heterocycles. The lowest BCUT2D eigenvalue weighted by molar-refractivity contribution is -0.121. The number of nitrogens with one attached hydrogen (secondary N) is 1. The highest BCUT2D eigenvalue weighted by atomic mass is 16.2. The first kappa shape index (κ1) is 12.2. The maximum absolute atomic E-state index is 12.0. The molecule has 0 fully saturated rings. The summed E-state index contributed by atoms with van der Waals surface area (Å²) in [6.45, 7) is 0.565. The minimum Gasteiger partial charge on any atom is -0.353 e. The van der Waals surface area contributed by atoms with Crippen molar-refractivity contribution in [1.82, 2.24) is 20.3 Å². The van der Waals surface area contributed by atoms with E-state index in [2.05, 4.69) is 15.6 Å². The average Bonchev–Trinajstić information content (AvgIpc) is 2.40. The van der Waals surface area contributed by atoms with Crippen LogP contribution in [0.1, 0.15) is 0 Å². The van der Waals surface area contributed by atoms with Crippen molar-refractivity contribution in [2.75, 3.05) is 13.1 Å². The first-order valence-corrected chi connectivity index (χ1v) is 5.51. The lowest BCUT2D eigenvalue weighted by Crippen LogP contribution is -2.36. The Labute approximate surface area is 103 Å². The van der Waals surface area contributed by atoms with Crippen LogP contribution in [0.3, 0.4) is 0 Å². The van der Waals surface area contributed by atoms with Gasteiger partial charge in [-0.05, 0) is 12.1 Å². The number of aromatic nitrogens is 3. The number of nitrogens with zero attached hydrogens (tertiary/aromatic N) is 3. The van der Waals surface area contributed by atoms with Crippen LogP contribution in [0, 0.1) is 0 Å². The van der Waals surface area contributed by atoms with E-state index in [1.807, 2.05) is 0 Å². The van der Waals surface area contributed by atoms with Gasteiger partial charge >= 0.3 is 0 Å². The molecule has 1 amide bonds. The van der Waals surface area contributed by atoms with Gasteiger partial charge in [0.05, 0.1) is 5.39 Å². The predicted molar refractivity (Wildman–Crippen MR) is 65.9 cm³/mol. The zero-order valence-electron chi connectivity index (χ0n) is 9.67. The fourth-order valence-electron chi connectivity index (χ4n) is 1.53. The molecule has 0 spiro atoms. The van der Waals surface area contributed by atoms with Gasteiger partial charge in [-0.3, -0.25) is 9.59 Å².